The van der Waals surface area contributed by atoms with Crippen LogP contribution in [0.3, 0.4) is 0 Å². The first-order valence-corrected chi connectivity index (χ1v) is 18.5. The molecule has 0 radical (unpaired) electrons. The van der Waals surface area contributed by atoms with Crippen molar-refractivity contribution in [1.82, 2.24) is 9.13 Å². The van der Waals surface area contributed by atoms with Crippen LogP contribution >= 0.6 is 0 Å². The lowest BCUT2D eigenvalue weighted by atomic mass is 9.96. The summed E-state index contributed by atoms with van der Waals surface area (Å²) < 4.78 is 4.73. The largest absolute Gasteiger partial charge is 0.346 e. The van der Waals surface area contributed by atoms with Crippen LogP contribution < -0.4 is 5.32 Å². The Balaban J connectivity index is 1.04. The number of aromatic nitrogens is 2. The van der Waals surface area contributed by atoms with E-state index in [9.17, 15) is 0 Å². The summed E-state index contributed by atoms with van der Waals surface area (Å²) in [4.78, 5) is 5.48. The molecular formula is C50H34N4. The fourth-order valence-corrected chi connectivity index (χ4v) is 8.44. The van der Waals surface area contributed by atoms with Crippen LogP contribution in [0.25, 0.3) is 71.6 Å². The Bertz CT molecular complexity index is 3060. The lowest BCUT2D eigenvalue weighted by Gasteiger charge is -2.28. The third-order valence-corrected chi connectivity index (χ3v) is 11.0. The molecule has 1 unspecified atom stereocenters. The highest BCUT2D eigenvalue weighted by molar-refractivity contribution is 6.17. The molecule has 0 bridgehead atoms. The second kappa shape index (κ2) is 12.2. The Labute approximate surface area is 312 Å². The van der Waals surface area contributed by atoms with Crippen molar-refractivity contribution < 1.29 is 0 Å². The topological polar surface area (TPSA) is 34.2 Å². The summed E-state index contributed by atoms with van der Waals surface area (Å²) in [6.07, 6.45) is -0.336. The Kier molecular flexibility index (Phi) is 6.89. The molecule has 1 aliphatic rings. The third-order valence-electron chi connectivity index (χ3n) is 11.0. The molecule has 11 rings (SSSR count). The van der Waals surface area contributed by atoms with Crippen molar-refractivity contribution in [1.29, 1.82) is 0 Å². The van der Waals surface area contributed by atoms with E-state index >= 15 is 0 Å². The van der Waals surface area contributed by atoms with E-state index in [4.69, 9.17) is 4.99 Å². The quantitative estimate of drug-likeness (QED) is 0.192. The second-order valence-electron chi connectivity index (χ2n) is 14.0. The van der Waals surface area contributed by atoms with E-state index in [1.54, 1.807) is 0 Å². The first-order valence-electron chi connectivity index (χ1n) is 18.5. The van der Waals surface area contributed by atoms with Gasteiger partial charge < -0.3 is 14.5 Å². The number of anilines is 1. The number of aliphatic imine (C=N–C) groups is 1. The minimum atomic E-state index is -0.336. The zero-order valence-corrected chi connectivity index (χ0v) is 29.4. The van der Waals surface area contributed by atoms with Crippen molar-refractivity contribution in [3.63, 3.8) is 0 Å². The standard InChI is InChI=1S/C50H34N4/c1-3-13-33(14-4-1)34-23-25-35(26-24-34)49-41-19-7-10-20-44(41)51-50(52-49)54-46-22-12-9-18-40(46)43-32-37(28-30-48(43)54)36-27-29-47-42(31-36)39-17-8-11-21-45(39)53(47)38-15-5-2-6-16-38/h1-32,50-51H. The molecule has 4 nitrogen and oxygen atoms in total. The first kappa shape index (κ1) is 30.5. The molecule has 3 heterocycles. The van der Waals surface area contributed by atoms with Crippen molar-refractivity contribution in [2.75, 3.05) is 5.32 Å². The number of hydrogen-bond donors (Lipinski definition) is 1. The van der Waals surface area contributed by atoms with Crippen LogP contribution in [0, 0.1) is 0 Å². The van der Waals surface area contributed by atoms with Crippen LogP contribution in [-0.2, 0) is 0 Å². The molecule has 254 valence electrons. The maximum absolute atomic E-state index is 5.48. The second-order valence-corrected chi connectivity index (χ2v) is 14.0. The number of nitrogens with one attached hydrogen (secondary N) is 1. The van der Waals surface area contributed by atoms with Gasteiger partial charge in [-0.25, -0.2) is 4.99 Å². The fourth-order valence-electron chi connectivity index (χ4n) is 8.44. The molecule has 2 aromatic heterocycles. The van der Waals surface area contributed by atoms with Crippen molar-refractivity contribution in [3.05, 3.63) is 205 Å². The summed E-state index contributed by atoms with van der Waals surface area (Å²) >= 11 is 0. The lowest BCUT2D eigenvalue weighted by molar-refractivity contribution is 0.624. The number of para-hydroxylation sites is 4. The normalized spacial score (nSPS) is 14.0. The van der Waals surface area contributed by atoms with E-state index in [0.29, 0.717) is 0 Å². The van der Waals surface area contributed by atoms with Gasteiger partial charge in [0, 0.05) is 44.0 Å². The van der Waals surface area contributed by atoms with E-state index in [1.807, 2.05) is 0 Å². The number of nitrogens with zero attached hydrogens (tertiary/aromatic N) is 3. The minimum absolute atomic E-state index is 0.336. The third kappa shape index (κ3) is 4.81. The number of fused-ring (bicyclic) bond motifs is 7. The van der Waals surface area contributed by atoms with Gasteiger partial charge >= 0.3 is 0 Å². The van der Waals surface area contributed by atoms with E-state index in [0.717, 1.165) is 33.6 Å². The molecule has 0 aliphatic carbocycles. The monoisotopic (exact) mass is 690 g/mol. The van der Waals surface area contributed by atoms with E-state index in [-0.39, 0.29) is 6.29 Å². The SMILES string of the molecule is c1ccc(-c2ccc(C3=NC(n4c5ccccc5c5cc(-c6ccc7c(c6)c6ccccc6n7-c6ccccc6)ccc54)Nc4ccccc43)cc2)cc1. The zero-order valence-electron chi connectivity index (χ0n) is 29.4. The van der Waals surface area contributed by atoms with Gasteiger partial charge in [-0.2, -0.15) is 0 Å². The highest BCUT2D eigenvalue weighted by Gasteiger charge is 2.25. The minimum Gasteiger partial charge on any atom is -0.346 e. The highest BCUT2D eigenvalue weighted by atomic mass is 15.3. The Morgan fingerprint density at radius 2 is 0.889 bits per heavy atom. The summed E-state index contributed by atoms with van der Waals surface area (Å²) in [7, 11) is 0. The van der Waals surface area contributed by atoms with Crippen LogP contribution in [0.2, 0.25) is 0 Å². The van der Waals surface area contributed by atoms with Crippen LogP contribution in [-0.4, -0.2) is 14.8 Å². The summed E-state index contributed by atoms with van der Waals surface area (Å²) in [6, 6.07) is 69.7. The maximum atomic E-state index is 5.48. The molecule has 0 amide bonds. The molecule has 1 atom stereocenters. The number of rotatable bonds is 5. The molecule has 54 heavy (non-hydrogen) atoms. The van der Waals surface area contributed by atoms with Gasteiger partial charge in [-0.1, -0.05) is 140 Å². The van der Waals surface area contributed by atoms with Crippen LogP contribution in [0.5, 0.6) is 0 Å². The molecule has 1 aliphatic heterocycles. The van der Waals surface area contributed by atoms with Crippen molar-refractivity contribution >= 4 is 55.0 Å². The number of benzene rings is 8. The van der Waals surface area contributed by atoms with Gasteiger partial charge in [0.15, 0.2) is 0 Å². The molecular weight excluding hydrogens is 657 g/mol. The van der Waals surface area contributed by atoms with Gasteiger partial charge in [-0.3, -0.25) is 0 Å². The summed E-state index contributed by atoms with van der Waals surface area (Å²) in [5.74, 6) is 0. The van der Waals surface area contributed by atoms with Crippen LogP contribution in [0.15, 0.2) is 199 Å². The first-order chi connectivity index (χ1) is 26.8. The molecule has 4 heteroatoms. The van der Waals surface area contributed by atoms with E-state index < -0.39 is 0 Å². The van der Waals surface area contributed by atoms with Crippen molar-refractivity contribution in [3.8, 4) is 27.9 Å². The van der Waals surface area contributed by atoms with E-state index in [2.05, 4.69) is 209 Å². The molecule has 0 spiro atoms. The average Bonchev–Trinajstić information content (AvgIpc) is 3.76. The van der Waals surface area contributed by atoms with E-state index in [1.165, 1.54) is 60.5 Å². The molecule has 0 fully saturated rings. The maximum Gasteiger partial charge on any atom is 0.201 e. The van der Waals surface area contributed by atoms with Crippen molar-refractivity contribution in [2.45, 2.75) is 6.29 Å². The van der Waals surface area contributed by atoms with Crippen LogP contribution in [0.4, 0.5) is 5.69 Å². The fraction of sp³-hybridized carbons (Fsp3) is 0.0200. The Hall–Kier alpha value is -7.17. The smallest absolute Gasteiger partial charge is 0.201 e. The summed E-state index contributed by atoms with van der Waals surface area (Å²) in [6.45, 7) is 0. The predicted octanol–water partition coefficient (Wildman–Crippen LogP) is 12.6. The van der Waals surface area contributed by atoms with Gasteiger partial charge in [0.2, 0.25) is 6.29 Å². The van der Waals surface area contributed by atoms with Gasteiger partial charge in [0.1, 0.15) is 0 Å². The Morgan fingerprint density at radius 1 is 0.389 bits per heavy atom. The highest BCUT2D eigenvalue weighted by Crippen LogP contribution is 2.40. The lowest BCUT2D eigenvalue weighted by Crippen LogP contribution is -2.24. The van der Waals surface area contributed by atoms with Gasteiger partial charge in [-0.15, -0.1) is 0 Å². The predicted molar refractivity (Wildman–Crippen MR) is 226 cm³/mol. The van der Waals surface area contributed by atoms with Crippen LogP contribution in [0.1, 0.15) is 17.4 Å². The molecule has 8 aromatic carbocycles. The van der Waals surface area contributed by atoms with Crippen molar-refractivity contribution in [2.24, 2.45) is 4.99 Å². The number of hydrogen-bond acceptors (Lipinski definition) is 2. The molecule has 0 saturated carbocycles. The average molecular weight is 691 g/mol. The molecule has 0 saturated heterocycles. The molecule has 10 aromatic rings. The zero-order chi connectivity index (χ0) is 35.6. The van der Waals surface area contributed by atoms with Gasteiger partial charge in [0.05, 0.1) is 27.8 Å². The Morgan fingerprint density at radius 3 is 1.65 bits per heavy atom. The summed E-state index contributed by atoms with van der Waals surface area (Å²) in [5, 5.41) is 8.71. The molecule has 1 N–H and O–H groups in total. The van der Waals surface area contributed by atoms with Gasteiger partial charge in [0.25, 0.3) is 0 Å². The van der Waals surface area contributed by atoms with Gasteiger partial charge in [-0.05, 0) is 76.9 Å². The summed E-state index contributed by atoms with van der Waals surface area (Å²) in [5.41, 5.74) is 14.9.